The highest BCUT2D eigenvalue weighted by Gasteiger charge is 2.42. The summed E-state index contributed by atoms with van der Waals surface area (Å²) in [5.41, 5.74) is 6.83. The van der Waals surface area contributed by atoms with Crippen LogP contribution >= 0.6 is 0 Å². The first-order valence-electron chi connectivity index (χ1n) is 8.08. The van der Waals surface area contributed by atoms with Gasteiger partial charge >= 0.3 is 0 Å². The number of aryl methyl sites for hydroxylation is 3. The molecular weight excluding hydrogens is 298 g/mol. The lowest BCUT2D eigenvalue weighted by Crippen LogP contribution is -2.29. The van der Waals surface area contributed by atoms with Crippen LogP contribution in [0.4, 0.5) is 5.69 Å². The molecule has 1 aliphatic heterocycles. The molecule has 0 saturated heterocycles. The molecule has 24 heavy (non-hydrogen) atoms. The second kappa shape index (κ2) is 5.34. The number of fused-ring (bicyclic) bond motifs is 1. The minimum absolute atomic E-state index is 0.0496. The second-order valence-corrected chi connectivity index (χ2v) is 6.38. The van der Waals surface area contributed by atoms with Crippen molar-refractivity contribution < 1.29 is 4.79 Å². The van der Waals surface area contributed by atoms with Crippen LogP contribution in [0.2, 0.25) is 0 Å². The van der Waals surface area contributed by atoms with Crippen molar-refractivity contribution in [2.75, 3.05) is 4.90 Å². The van der Waals surface area contributed by atoms with E-state index in [9.17, 15) is 4.79 Å². The van der Waals surface area contributed by atoms with Crippen LogP contribution in [0.5, 0.6) is 0 Å². The van der Waals surface area contributed by atoms with Crippen LogP contribution in [0.25, 0.3) is 0 Å². The Labute approximate surface area is 141 Å². The summed E-state index contributed by atoms with van der Waals surface area (Å²) in [6, 6.07) is 16.2. The fourth-order valence-corrected chi connectivity index (χ4v) is 3.46. The van der Waals surface area contributed by atoms with Gasteiger partial charge in [0.05, 0.1) is 6.04 Å². The van der Waals surface area contributed by atoms with Crippen LogP contribution < -0.4 is 4.90 Å². The molecule has 4 nitrogen and oxygen atoms in total. The number of nitrogens with zero attached hydrogens (tertiary/aromatic N) is 2. The molecule has 4 rings (SSSR count). The first-order chi connectivity index (χ1) is 11.6. The van der Waals surface area contributed by atoms with Crippen molar-refractivity contribution in [3.8, 4) is 0 Å². The van der Waals surface area contributed by atoms with E-state index < -0.39 is 0 Å². The van der Waals surface area contributed by atoms with Gasteiger partial charge in [0.2, 0.25) is 0 Å². The number of nitrogens with one attached hydrogen (secondary N) is 1. The van der Waals surface area contributed by atoms with Gasteiger partial charge in [-0.15, -0.1) is 0 Å². The minimum Gasteiger partial charge on any atom is -0.295 e. The molecule has 3 aromatic rings. The fraction of sp³-hybridized carbons (Fsp3) is 0.200. The van der Waals surface area contributed by atoms with Crippen molar-refractivity contribution in [3.63, 3.8) is 0 Å². The first kappa shape index (κ1) is 14.7. The highest BCUT2D eigenvalue weighted by atomic mass is 16.2. The monoisotopic (exact) mass is 317 g/mol. The van der Waals surface area contributed by atoms with E-state index >= 15 is 0 Å². The molecule has 1 N–H and O–H groups in total. The summed E-state index contributed by atoms with van der Waals surface area (Å²) in [4.78, 5) is 14.9. The highest BCUT2D eigenvalue weighted by molar-refractivity contribution is 6.10. The Bertz CT molecular complexity index is 924. The van der Waals surface area contributed by atoms with Gasteiger partial charge in [-0.1, -0.05) is 42.0 Å². The Balaban J connectivity index is 1.94. The number of anilines is 1. The molecule has 1 atom stereocenters. The third-order valence-corrected chi connectivity index (χ3v) is 4.74. The zero-order valence-corrected chi connectivity index (χ0v) is 14.0. The molecule has 0 bridgehead atoms. The molecule has 120 valence electrons. The maximum absolute atomic E-state index is 13.0. The van der Waals surface area contributed by atoms with Gasteiger partial charge in [0, 0.05) is 16.9 Å². The summed E-state index contributed by atoms with van der Waals surface area (Å²) in [7, 11) is 0. The first-order valence-corrected chi connectivity index (χ1v) is 8.08. The average Bonchev–Trinajstić information content (AvgIpc) is 3.08. The molecule has 1 aromatic heterocycles. The second-order valence-electron chi connectivity index (χ2n) is 6.38. The van der Waals surface area contributed by atoms with Crippen molar-refractivity contribution in [2.45, 2.75) is 26.8 Å². The lowest BCUT2D eigenvalue weighted by molar-refractivity contribution is 0.0988. The summed E-state index contributed by atoms with van der Waals surface area (Å²) in [5.74, 6) is -0.0496. The zero-order chi connectivity index (χ0) is 16.8. The number of aromatic nitrogens is 2. The summed E-state index contributed by atoms with van der Waals surface area (Å²) in [6.45, 7) is 6.10. The molecule has 0 fully saturated rings. The van der Waals surface area contributed by atoms with Crippen LogP contribution in [0, 0.1) is 20.8 Å². The zero-order valence-electron chi connectivity index (χ0n) is 14.0. The Morgan fingerprint density at radius 2 is 1.71 bits per heavy atom. The highest BCUT2D eigenvalue weighted by Crippen LogP contribution is 2.43. The van der Waals surface area contributed by atoms with E-state index in [-0.39, 0.29) is 11.9 Å². The van der Waals surface area contributed by atoms with Crippen LogP contribution in [0.1, 0.15) is 44.5 Å². The third kappa shape index (κ3) is 2.07. The van der Waals surface area contributed by atoms with E-state index in [4.69, 9.17) is 0 Å². The van der Waals surface area contributed by atoms with E-state index in [1.54, 1.807) is 0 Å². The summed E-state index contributed by atoms with van der Waals surface area (Å²) < 4.78 is 0. The topological polar surface area (TPSA) is 49.0 Å². The van der Waals surface area contributed by atoms with Crippen LogP contribution in [-0.2, 0) is 0 Å². The number of carbonyl (C=O) groups excluding carboxylic acids is 1. The molecule has 4 heteroatoms. The lowest BCUT2D eigenvalue weighted by atomic mass is 9.95. The van der Waals surface area contributed by atoms with Gasteiger partial charge in [-0.05, 0) is 44.0 Å². The standard InChI is InChI=1S/C20H19N3O/c1-12-8-10-15(11-9-12)23-19(16-7-5-4-6-13(16)2)17-14(3)21-22-18(17)20(23)24/h4-11,19H,1-3H3,(H,21,22). The third-order valence-electron chi connectivity index (χ3n) is 4.74. The van der Waals surface area contributed by atoms with E-state index in [1.807, 2.05) is 55.1 Å². The fourth-order valence-electron chi connectivity index (χ4n) is 3.46. The number of rotatable bonds is 2. The predicted octanol–water partition coefficient (Wildman–Crippen LogP) is 4.08. The van der Waals surface area contributed by atoms with Crippen LogP contribution in [-0.4, -0.2) is 16.1 Å². The number of hydrogen-bond donors (Lipinski definition) is 1. The largest absolute Gasteiger partial charge is 0.295 e. The molecule has 2 aromatic carbocycles. The molecule has 0 spiro atoms. The Morgan fingerprint density at radius 1 is 1.00 bits per heavy atom. The molecule has 0 aliphatic carbocycles. The normalized spacial score (nSPS) is 16.5. The van der Waals surface area contributed by atoms with Gasteiger partial charge in [0.15, 0.2) is 5.69 Å². The number of benzene rings is 2. The summed E-state index contributed by atoms with van der Waals surface area (Å²) in [5, 5.41) is 7.23. The van der Waals surface area contributed by atoms with Gasteiger partial charge in [0.25, 0.3) is 5.91 Å². The van der Waals surface area contributed by atoms with Gasteiger partial charge in [-0.2, -0.15) is 5.10 Å². The minimum atomic E-state index is -0.143. The van der Waals surface area contributed by atoms with E-state index in [2.05, 4.69) is 29.3 Å². The summed E-state index contributed by atoms with van der Waals surface area (Å²) >= 11 is 0. The predicted molar refractivity (Wildman–Crippen MR) is 94.3 cm³/mol. The number of carbonyl (C=O) groups is 1. The maximum atomic E-state index is 13.0. The Kier molecular flexibility index (Phi) is 3.27. The summed E-state index contributed by atoms with van der Waals surface area (Å²) in [6.07, 6.45) is 0. The Morgan fingerprint density at radius 3 is 2.42 bits per heavy atom. The Hall–Kier alpha value is -2.88. The SMILES string of the molecule is Cc1ccc(N2C(=O)c3n[nH]c(C)c3C2c2ccccc2C)cc1. The smallest absolute Gasteiger partial charge is 0.279 e. The van der Waals surface area contributed by atoms with Gasteiger partial charge in [-0.25, -0.2) is 0 Å². The van der Waals surface area contributed by atoms with Crippen LogP contribution in [0.15, 0.2) is 48.5 Å². The van der Waals surface area contributed by atoms with Crippen molar-refractivity contribution in [1.82, 2.24) is 10.2 Å². The number of amides is 1. The molecule has 1 aliphatic rings. The number of hydrogen-bond acceptors (Lipinski definition) is 2. The van der Waals surface area contributed by atoms with Crippen molar-refractivity contribution in [1.29, 1.82) is 0 Å². The van der Waals surface area contributed by atoms with Gasteiger partial charge in [0.1, 0.15) is 0 Å². The molecule has 1 amide bonds. The van der Waals surface area contributed by atoms with E-state index in [0.29, 0.717) is 5.69 Å². The van der Waals surface area contributed by atoms with Gasteiger partial charge < -0.3 is 0 Å². The van der Waals surface area contributed by atoms with Crippen molar-refractivity contribution >= 4 is 11.6 Å². The molecule has 1 unspecified atom stereocenters. The molecule has 0 radical (unpaired) electrons. The van der Waals surface area contributed by atoms with Gasteiger partial charge in [-0.3, -0.25) is 14.8 Å². The lowest BCUT2D eigenvalue weighted by Gasteiger charge is -2.27. The van der Waals surface area contributed by atoms with Crippen LogP contribution in [0.3, 0.4) is 0 Å². The quantitative estimate of drug-likeness (QED) is 0.774. The average molecular weight is 317 g/mol. The van der Waals surface area contributed by atoms with E-state index in [0.717, 1.165) is 22.5 Å². The van der Waals surface area contributed by atoms with Crippen molar-refractivity contribution in [3.05, 3.63) is 82.2 Å². The maximum Gasteiger partial charge on any atom is 0.279 e. The van der Waals surface area contributed by atoms with Crippen molar-refractivity contribution in [2.24, 2.45) is 0 Å². The molecular formula is C20H19N3O. The molecule has 2 heterocycles. The molecule has 0 saturated carbocycles. The number of aromatic amines is 1. The number of H-pyrrole nitrogens is 1. The van der Waals surface area contributed by atoms with E-state index in [1.165, 1.54) is 11.1 Å².